The van der Waals surface area contributed by atoms with Crippen molar-refractivity contribution < 1.29 is 13.5 Å². The summed E-state index contributed by atoms with van der Waals surface area (Å²) in [4.78, 5) is 6.76. The summed E-state index contributed by atoms with van der Waals surface area (Å²) in [6.45, 7) is 2.92. The summed E-state index contributed by atoms with van der Waals surface area (Å²) in [6.07, 6.45) is 2.39. The number of anilines is 1. The summed E-state index contributed by atoms with van der Waals surface area (Å²) in [6, 6.07) is 5.84. The molecule has 1 atom stereocenters. The lowest BCUT2D eigenvalue weighted by molar-refractivity contribution is 0.154. The van der Waals surface area contributed by atoms with Gasteiger partial charge < -0.3 is 10.0 Å². The van der Waals surface area contributed by atoms with Crippen LogP contribution < -0.4 is 4.90 Å². The number of aryl methyl sites for hydroxylation is 1. The number of aliphatic hydroxyl groups excluding tert-OH is 1. The van der Waals surface area contributed by atoms with Crippen molar-refractivity contribution in [2.24, 2.45) is 0 Å². The van der Waals surface area contributed by atoms with Gasteiger partial charge in [0.2, 0.25) is 0 Å². The fourth-order valence-corrected chi connectivity index (χ4v) is 4.90. The van der Waals surface area contributed by atoms with Crippen molar-refractivity contribution in [3.05, 3.63) is 27.5 Å². The molecule has 1 N–H and O–H groups in total. The first kappa shape index (κ1) is 16.9. The van der Waals surface area contributed by atoms with E-state index in [0.717, 1.165) is 33.9 Å². The monoisotopic (exact) mass is 446 g/mol. The molecule has 1 aliphatic heterocycles. The largest absolute Gasteiger partial charge is 0.391 e. The van der Waals surface area contributed by atoms with E-state index < -0.39 is 15.9 Å². The molecule has 0 bridgehead atoms. The number of hydrogen-bond acceptors (Lipinski definition) is 5. The zero-order valence-electron chi connectivity index (χ0n) is 13.1. The summed E-state index contributed by atoms with van der Waals surface area (Å²) in [5.41, 5.74) is 1.98. The summed E-state index contributed by atoms with van der Waals surface area (Å²) in [5, 5.41) is 10.9. The quantitative estimate of drug-likeness (QED) is 0.719. The Labute approximate surface area is 149 Å². The summed E-state index contributed by atoms with van der Waals surface area (Å²) in [5.74, 6) is 0. The minimum Gasteiger partial charge on any atom is -0.391 e. The van der Waals surface area contributed by atoms with Crippen molar-refractivity contribution >= 4 is 49.0 Å². The molecule has 0 saturated carbocycles. The molecule has 1 aromatic carbocycles. The Morgan fingerprint density at radius 2 is 2.13 bits per heavy atom. The average molecular weight is 446 g/mol. The number of hydrogen-bond donors (Lipinski definition) is 1. The minimum absolute atomic E-state index is 0.279. The molecule has 7 heteroatoms. The lowest BCUT2D eigenvalue weighted by Gasteiger charge is -2.34. The third-order valence-corrected chi connectivity index (χ3v) is 6.03. The third kappa shape index (κ3) is 3.32. The second-order valence-corrected chi connectivity index (χ2v) is 9.25. The summed E-state index contributed by atoms with van der Waals surface area (Å²) >= 11 is 2.22. The van der Waals surface area contributed by atoms with E-state index in [1.807, 2.05) is 23.1 Å². The Bertz CT molecular complexity index is 867. The van der Waals surface area contributed by atoms with E-state index in [1.165, 1.54) is 6.26 Å². The zero-order chi connectivity index (χ0) is 16.8. The van der Waals surface area contributed by atoms with Gasteiger partial charge in [-0.2, -0.15) is 0 Å². The van der Waals surface area contributed by atoms with Crippen LogP contribution in [-0.2, 0) is 9.84 Å². The summed E-state index contributed by atoms with van der Waals surface area (Å²) in [7, 11) is -3.42. The van der Waals surface area contributed by atoms with Crippen LogP contribution in [0.15, 0.2) is 23.1 Å². The number of benzene rings is 1. The van der Waals surface area contributed by atoms with Crippen LogP contribution in [0.5, 0.6) is 0 Å². The first-order valence-electron chi connectivity index (χ1n) is 7.50. The van der Waals surface area contributed by atoms with Gasteiger partial charge in [0.15, 0.2) is 9.84 Å². The number of sulfone groups is 1. The lowest BCUT2D eigenvalue weighted by atomic mass is 10.1. The van der Waals surface area contributed by atoms with E-state index in [-0.39, 0.29) is 4.90 Å². The van der Waals surface area contributed by atoms with Gasteiger partial charge in [0.25, 0.3) is 0 Å². The van der Waals surface area contributed by atoms with Crippen LogP contribution in [0.4, 0.5) is 5.69 Å². The van der Waals surface area contributed by atoms with Crippen molar-refractivity contribution in [1.29, 1.82) is 0 Å². The maximum atomic E-state index is 12.4. The van der Waals surface area contributed by atoms with Gasteiger partial charge in [-0.25, -0.2) is 8.42 Å². The lowest BCUT2D eigenvalue weighted by Crippen LogP contribution is -2.39. The second kappa shape index (κ2) is 6.18. The Hall–Kier alpha value is -0.930. The molecule has 1 saturated heterocycles. The first-order valence-corrected chi connectivity index (χ1v) is 10.5. The van der Waals surface area contributed by atoms with E-state index >= 15 is 0 Å². The SMILES string of the molecule is Cc1nc2ccc(I)cc2c(N2CCCC(O)C2)c1S(C)(=O)=O. The van der Waals surface area contributed by atoms with Gasteiger partial charge in [0.05, 0.1) is 23.0 Å². The molecule has 23 heavy (non-hydrogen) atoms. The van der Waals surface area contributed by atoms with Gasteiger partial charge in [0.1, 0.15) is 4.90 Å². The molecular formula is C16H19IN2O3S. The Morgan fingerprint density at radius 3 is 2.78 bits per heavy atom. The number of aromatic nitrogens is 1. The highest BCUT2D eigenvalue weighted by atomic mass is 127. The van der Waals surface area contributed by atoms with Crippen LogP contribution in [0.1, 0.15) is 18.5 Å². The molecule has 2 heterocycles. The minimum atomic E-state index is -3.42. The zero-order valence-corrected chi connectivity index (χ0v) is 16.1. The first-order chi connectivity index (χ1) is 10.8. The average Bonchev–Trinajstić information content (AvgIpc) is 2.45. The van der Waals surface area contributed by atoms with Gasteiger partial charge in [0, 0.05) is 28.3 Å². The third-order valence-electron chi connectivity index (χ3n) is 4.13. The van der Waals surface area contributed by atoms with Gasteiger partial charge in [-0.15, -0.1) is 0 Å². The Balaban J connectivity index is 2.36. The Morgan fingerprint density at radius 1 is 1.39 bits per heavy atom. The highest BCUT2D eigenvalue weighted by Gasteiger charge is 2.28. The van der Waals surface area contributed by atoms with Gasteiger partial charge in [-0.05, 0) is 60.6 Å². The number of rotatable bonds is 2. The van der Waals surface area contributed by atoms with Crippen LogP contribution in [0, 0.1) is 10.5 Å². The molecule has 5 nitrogen and oxygen atoms in total. The van der Waals surface area contributed by atoms with Crippen LogP contribution >= 0.6 is 22.6 Å². The molecule has 0 spiro atoms. The number of fused-ring (bicyclic) bond motifs is 1. The van der Waals surface area contributed by atoms with Gasteiger partial charge in [-0.3, -0.25) is 4.98 Å². The van der Waals surface area contributed by atoms with E-state index in [1.54, 1.807) is 6.92 Å². The smallest absolute Gasteiger partial charge is 0.179 e. The van der Waals surface area contributed by atoms with Crippen molar-refractivity contribution in [3.8, 4) is 0 Å². The second-order valence-electron chi connectivity index (χ2n) is 6.05. The molecule has 0 amide bonds. The van der Waals surface area contributed by atoms with Crippen LogP contribution in [0.25, 0.3) is 10.9 Å². The van der Waals surface area contributed by atoms with Crippen LogP contribution in [0.3, 0.4) is 0 Å². The molecular weight excluding hydrogens is 427 g/mol. The topological polar surface area (TPSA) is 70.5 Å². The van der Waals surface area contributed by atoms with Gasteiger partial charge in [-0.1, -0.05) is 0 Å². The standard InChI is InChI=1S/C16H19IN2O3S/c1-10-16(23(2,21)22)15(19-7-3-4-12(20)9-19)13-8-11(17)5-6-14(13)18-10/h5-6,8,12,20H,3-4,7,9H2,1-2H3. The molecule has 124 valence electrons. The maximum absolute atomic E-state index is 12.4. The van der Waals surface area contributed by atoms with Crippen molar-refractivity contribution in [2.75, 3.05) is 24.2 Å². The van der Waals surface area contributed by atoms with Gasteiger partial charge >= 0.3 is 0 Å². The Kier molecular flexibility index (Phi) is 4.54. The molecule has 1 fully saturated rings. The number of aliphatic hydroxyl groups is 1. The molecule has 0 aliphatic carbocycles. The normalized spacial score (nSPS) is 19.3. The molecule has 1 aliphatic rings. The van der Waals surface area contributed by atoms with Crippen molar-refractivity contribution in [3.63, 3.8) is 0 Å². The fourth-order valence-electron chi connectivity index (χ4n) is 3.24. The molecule has 3 rings (SSSR count). The number of nitrogens with zero attached hydrogens (tertiary/aromatic N) is 2. The van der Waals surface area contributed by atoms with E-state index in [0.29, 0.717) is 17.9 Å². The number of pyridine rings is 1. The molecule has 0 radical (unpaired) electrons. The predicted octanol–water partition coefficient (Wildman–Crippen LogP) is 2.51. The highest BCUT2D eigenvalue weighted by Crippen LogP contribution is 2.37. The van der Waals surface area contributed by atoms with Crippen LogP contribution in [-0.4, -0.2) is 44.0 Å². The predicted molar refractivity (Wildman–Crippen MR) is 99.8 cm³/mol. The number of piperidine rings is 1. The van der Waals surface area contributed by atoms with Crippen molar-refractivity contribution in [1.82, 2.24) is 4.98 Å². The molecule has 2 aromatic rings. The number of β-amino-alcohol motifs (C(OH)–C–C–N with tert-alkyl or cyclic N) is 1. The molecule has 1 aromatic heterocycles. The maximum Gasteiger partial charge on any atom is 0.179 e. The van der Waals surface area contributed by atoms with E-state index in [9.17, 15) is 13.5 Å². The molecule has 1 unspecified atom stereocenters. The van der Waals surface area contributed by atoms with Crippen LogP contribution in [0.2, 0.25) is 0 Å². The van der Waals surface area contributed by atoms with E-state index in [4.69, 9.17) is 0 Å². The van der Waals surface area contributed by atoms with E-state index in [2.05, 4.69) is 27.6 Å². The number of halogens is 1. The summed E-state index contributed by atoms with van der Waals surface area (Å²) < 4.78 is 25.8. The highest BCUT2D eigenvalue weighted by molar-refractivity contribution is 14.1. The fraction of sp³-hybridized carbons (Fsp3) is 0.438. The van der Waals surface area contributed by atoms with Crippen molar-refractivity contribution in [2.45, 2.75) is 30.8 Å².